The summed E-state index contributed by atoms with van der Waals surface area (Å²) >= 11 is 3.50. The first-order valence-electron chi connectivity index (χ1n) is 5.41. The topological polar surface area (TPSA) is 21.6 Å². The summed E-state index contributed by atoms with van der Waals surface area (Å²) in [7, 11) is 1.71. The molecule has 0 saturated carbocycles. The molecule has 0 aromatic heterocycles. The molecular weight excluding hydrogens is 266 g/mol. The van der Waals surface area contributed by atoms with Crippen molar-refractivity contribution in [2.45, 2.75) is 19.9 Å². The van der Waals surface area contributed by atoms with Crippen LogP contribution < -0.4 is 0 Å². The van der Waals surface area contributed by atoms with Crippen molar-refractivity contribution < 1.29 is 4.74 Å². The number of benzene rings is 1. The second-order valence-electron chi connectivity index (χ2n) is 4.07. The van der Waals surface area contributed by atoms with Crippen molar-refractivity contribution in [1.82, 2.24) is 0 Å². The van der Waals surface area contributed by atoms with E-state index < -0.39 is 0 Å². The molecule has 0 fully saturated rings. The van der Waals surface area contributed by atoms with Crippen molar-refractivity contribution in [3.05, 3.63) is 34.3 Å². The number of hydrogen-bond acceptors (Lipinski definition) is 2. The maximum absolute atomic E-state index is 5.16. The van der Waals surface area contributed by atoms with Gasteiger partial charge in [0.15, 0.2) is 0 Å². The summed E-state index contributed by atoms with van der Waals surface area (Å²) in [6, 6.07) is 8.28. The van der Waals surface area contributed by atoms with Crippen LogP contribution in [0.3, 0.4) is 0 Å². The number of rotatable bonds is 5. The van der Waals surface area contributed by atoms with Crippen LogP contribution in [-0.4, -0.2) is 26.0 Å². The van der Waals surface area contributed by atoms with E-state index >= 15 is 0 Å². The zero-order chi connectivity index (χ0) is 12.0. The van der Waals surface area contributed by atoms with Crippen molar-refractivity contribution in [2.24, 2.45) is 10.9 Å². The minimum atomic E-state index is 0.220. The van der Waals surface area contributed by atoms with E-state index in [1.807, 2.05) is 30.5 Å². The van der Waals surface area contributed by atoms with Crippen LogP contribution in [0.25, 0.3) is 0 Å². The first-order chi connectivity index (χ1) is 7.65. The van der Waals surface area contributed by atoms with Gasteiger partial charge in [-0.15, -0.1) is 0 Å². The van der Waals surface area contributed by atoms with E-state index in [0.717, 1.165) is 10.0 Å². The number of nitrogens with zero attached hydrogens (tertiary/aromatic N) is 1. The van der Waals surface area contributed by atoms with E-state index in [1.54, 1.807) is 7.11 Å². The molecule has 3 heteroatoms. The summed E-state index contributed by atoms with van der Waals surface area (Å²) in [6.45, 7) is 4.97. The van der Waals surface area contributed by atoms with Crippen LogP contribution in [0.1, 0.15) is 19.4 Å². The molecule has 16 heavy (non-hydrogen) atoms. The van der Waals surface area contributed by atoms with Gasteiger partial charge < -0.3 is 4.74 Å². The van der Waals surface area contributed by atoms with Gasteiger partial charge in [0.25, 0.3) is 0 Å². The summed E-state index contributed by atoms with van der Waals surface area (Å²) in [6.07, 6.45) is 1.91. The molecule has 0 amide bonds. The minimum Gasteiger partial charge on any atom is -0.382 e. The van der Waals surface area contributed by atoms with E-state index in [2.05, 4.69) is 34.8 Å². The highest BCUT2D eigenvalue weighted by molar-refractivity contribution is 9.10. The summed E-state index contributed by atoms with van der Waals surface area (Å²) in [5.74, 6) is 0.485. The second-order valence-corrected chi connectivity index (χ2v) is 4.92. The average molecular weight is 284 g/mol. The zero-order valence-electron chi connectivity index (χ0n) is 9.98. The lowest BCUT2D eigenvalue weighted by molar-refractivity contribution is 0.165. The van der Waals surface area contributed by atoms with Crippen LogP contribution in [0, 0.1) is 5.92 Å². The minimum absolute atomic E-state index is 0.220. The van der Waals surface area contributed by atoms with Gasteiger partial charge in [-0.05, 0) is 12.0 Å². The molecule has 0 spiro atoms. The van der Waals surface area contributed by atoms with Gasteiger partial charge in [0, 0.05) is 23.4 Å². The Bertz CT molecular complexity index is 350. The smallest absolute Gasteiger partial charge is 0.0755 e. The Hall–Kier alpha value is -0.670. The molecule has 2 nitrogen and oxygen atoms in total. The van der Waals surface area contributed by atoms with Crippen LogP contribution >= 0.6 is 15.9 Å². The van der Waals surface area contributed by atoms with Crippen molar-refractivity contribution in [3.8, 4) is 0 Å². The first-order valence-corrected chi connectivity index (χ1v) is 6.21. The van der Waals surface area contributed by atoms with E-state index in [4.69, 9.17) is 4.74 Å². The lowest BCUT2D eigenvalue weighted by Crippen LogP contribution is -2.19. The lowest BCUT2D eigenvalue weighted by Gasteiger charge is -2.14. The summed E-state index contributed by atoms with van der Waals surface area (Å²) in [5, 5.41) is 0. The Balaban J connectivity index is 2.74. The van der Waals surface area contributed by atoms with E-state index in [1.165, 1.54) is 0 Å². The fourth-order valence-corrected chi connectivity index (χ4v) is 1.72. The van der Waals surface area contributed by atoms with Gasteiger partial charge >= 0.3 is 0 Å². The van der Waals surface area contributed by atoms with Gasteiger partial charge in [-0.1, -0.05) is 48.0 Å². The number of methoxy groups -OCH3 is 1. The molecule has 1 aromatic rings. The number of halogens is 1. The Morgan fingerprint density at radius 3 is 2.62 bits per heavy atom. The van der Waals surface area contributed by atoms with Crippen molar-refractivity contribution >= 4 is 22.1 Å². The van der Waals surface area contributed by atoms with E-state index in [9.17, 15) is 0 Å². The predicted octanol–water partition coefficient (Wildman–Crippen LogP) is 3.54. The van der Waals surface area contributed by atoms with Gasteiger partial charge in [0.2, 0.25) is 0 Å². The van der Waals surface area contributed by atoms with Gasteiger partial charge in [0.05, 0.1) is 12.6 Å². The third-order valence-electron chi connectivity index (χ3n) is 2.42. The van der Waals surface area contributed by atoms with Gasteiger partial charge in [-0.25, -0.2) is 0 Å². The maximum Gasteiger partial charge on any atom is 0.0755 e. The maximum atomic E-state index is 5.16. The first kappa shape index (κ1) is 13.4. The molecule has 0 aliphatic heterocycles. The van der Waals surface area contributed by atoms with Crippen LogP contribution in [0.5, 0.6) is 0 Å². The normalized spacial score (nSPS) is 13.6. The van der Waals surface area contributed by atoms with Crippen LogP contribution in [0.15, 0.2) is 33.7 Å². The molecule has 0 saturated heterocycles. The SMILES string of the molecule is COC[C@@H](N=Cc1ccccc1Br)C(C)C. The molecular formula is C13H18BrNO. The van der Waals surface area contributed by atoms with Gasteiger partial charge in [-0.3, -0.25) is 4.99 Å². The standard InChI is InChI=1S/C13H18BrNO/c1-10(2)13(9-16-3)15-8-11-6-4-5-7-12(11)14/h4-8,10,13H,9H2,1-3H3/t13-/m1/s1. The number of ether oxygens (including phenoxy) is 1. The van der Waals surface area contributed by atoms with Crippen LogP contribution in [0.2, 0.25) is 0 Å². The Kier molecular flexibility index (Phi) is 5.71. The molecule has 0 aliphatic carbocycles. The molecule has 1 aromatic carbocycles. The molecule has 0 unspecified atom stereocenters. The quantitative estimate of drug-likeness (QED) is 0.758. The largest absolute Gasteiger partial charge is 0.382 e. The molecule has 0 radical (unpaired) electrons. The zero-order valence-corrected chi connectivity index (χ0v) is 11.6. The molecule has 1 atom stereocenters. The highest BCUT2D eigenvalue weighted by Gasteiger charge is 2.10. The number of hydrogen-bond donors (Lipinski definition) is 0. The fourth-order valence-electron chi connectivity index (χ4n) is 1.33. The van der Waals surface area contributed by atoms with Gasteiger partial charge in [0.1, 0.15) is 0 Å². The van der Waals surface area contributed by atoms with Crippen molar-refractivity contribution in [2.75, 3.05) is 13.7 Å². The van der Waals surface area contributed by atoms with Crippen molar-refractivity contribution in [1.29, 1.82) is 0 Å². The van der Waals surface area contributed by atoms with Crippen molar-refractivity contribution in [3.63, 3.8) is 0 Å². The third kappa shape index (κ3) is 4.06. The molecule has 88 valence electrons. The number of aliphatic imine (C=N–C) groups is 1. The molecule has 0 heterocycles. The molecule has 0 bridgehead atoms. The predicted molar refractivity (Wildman–Crippen MR) is 72.2 cm³/mol. The summed E-state index contributed by atoms with van der Waals surface area (Å²) < 4.78 is 6.23. The molecule has 0 N–H and O–H groups in total. The van der Waals surface area contributed by atoms with Crippen LogP contribution in [0.4, 0.5) is 0 Å². The van der Waals surface area contributed by atoms with E-state index in [-0.39, 0.29) is 6.04 Å². The highest BCUT2D eigenvalue weighted by Crippen LogP contribution is 2.14. The Morgan fingerprint density at radius 2 is 2.06 bits per heavy atom. The molecule has 1 rings (SSSR count). The highest BCUT2D eigenvalue weighted by atomic mass is 79.9. The summed E-state index contributed by atoms with van der Waals surface area (Å²) in [5.41, 5.74) is 1.10. The Labute approximate surface area is 106 Å². The van der Waals surface area contributed by atoms with Gasteiger partial charge in [-0.2, -0.15) is 0 Å². The lowest BCUT2D eigenvalue weighted by atomic mass is 10.1. The van der Waals surface area contributed by atoms with Crippen LogP contribution in [-0.2, 0) is 4.74 Å². The van der Waals surface area contributed by atoms with E-state index in [0.29, 0.717) is 12.5 Å². The second kappa shape index (κ2) is 6.81. The molecule has 0 aliphatic rings. The summed E-state index contributed by atoms with van der Waals surface area (Å²) in [4.78, 5) is 4.56. The monoisotopic (exact) mass is 283 g/mol. The Morgan fingerprint density at radius 1 is 1.38 bits per heavy atom. The third-order valence-corrected chi connectivity index (χ3v) is 3.14. The fraction of sp³-hybridized carbons (Fsp3) is 0.462. The average Bonchev–Trinajstić information content (AvgIpc) is 2.26.